The first-order valence-corrected chi connectivity index (χ1v) is 10.0. The summed E-state index contributed by atoms with van der Waals surface area (Å²) in [5, 5.41) is -1.96. The SMILES string of the molecule is CC(=O)SCc1c(F)c(F)c(COC(=O)[C@H]2[C@@H](/C=C(\Cl)C(F)(F)F)C2(C)C)c(F)c1F. The van der Waals surface area contributed by atoms with Gasteiger partial charge in [-0.1, -0.05) is 43.3 Å². The van der Waals surface area contributed by atoms with Gasteiger partial charge in [-0.2, -0.15) is 13.2 Å². The molecule has 1 aromatic rings. The summed E-state index contributed by atoms with van der Waals surface area (Å²) in [6.45, 7) is 2.84. The van der Waals surface area contributed by atoms with Gasteiger partial charge in [-0.3, -0.25) is 9.59 Å². The van der Waals surface area contributed by atoms with Crippen LogP contribution in [0.5, 0.6) is 0 Å². The van der Waals surface area contributed by atoms with Crippen molar-refractivity contribution in [3.63, 3.8) is 0 Å². The van der Waals surface area contributed by atoms with Gasteiger partial charge in [0.2, 0.25) is 0 Å². The van der Waals surface area contributed by atoms with Gasteiger partial charge in [0, 0.05) is 18.2 Å². The van der Waals surface area contributed by atoms with Crippen LogP contribution in [0.15, 0.2) is 11.1 Å². The molecule has 0 amide bonds. The van der Waals surface area contributed by atoms with Crippen molar-refractivity contribution in [3.8, 4) is 0 Å². The average Bonchev–Trinajstić information content (AvgIpc) is 3.18. The van der Waals surface area contributed by atoms with E-state index in [1.165, 1.54) is 13.8 Å². The Morgan fingerprint density at radius 1 is 1.06 bits per heavy atom. The van der Waals surface area contributed by atoms with E-state index in [1.807, 2.05) is 0 Å². The second kappa shape index (κ2) is 9.01. The highest BCUT2D eigenvalue weighted by atomic mass is 35.5. The van der Waals surface area contributed by atoms with Crippen LogP contribution in [0.3, 0.4) is 0 Å². The highest BCUT2D eigenvalue weighted by Gasteiger charge is 2.62. The number of hydrogen-bond donors (Lipinski definition) is 0. The van der Waals surface area contributed by atoms with E-state index in [0.717, 1.165) is 6.92 Å². The van der Waals surface area contributed by atoms with E-state index in [4.69, 9.17) is 16.3 Å². The van der Waals surface area contributed by atoms with Gasteiger partial charge in [0.15, 0.2) is 28.4 Å². The zero-order valence-electron chi connectivity index (χ0n) is 16.3. The summed E-state index contributed by atoms with van der Waals surface area (Å²) in [7, 11) is 0. The van der Waals surface area contributed by atoms with E-state index >= 15 is 0 Å². The van der Waals surface area contributed by atoms with Crippen LogP contribution in [-0.4, -0.2) is 17.3 Å². The molecule has 0 bridgehead atoms. The highest BCUT2D eigenvalue weighted by molar-refractivity contribution is 8.12. The van der Waals surface area contributed by atoms with Crippen LogP contribution in [0, 0.1) is 40.5 Å². The van der Waals surface area contributed by atoms with E-state index < -0.39 is 86.3 Å². The molecular weight excluding hydrogens is 477 g/mol. The minimum absolute atomic E-state index is 0.439. The highest BCUT2D eigenvalue weighted by Crippen LogP contribution is 2.60. The lowest BCUT2D eigenvalue weighted by Gasteiger charge is -2.12. The topological polar surface area (TPSA) is 43.4 Å². The molecule has 1 aliphatic rings. The number of halogens is 8. The van der Waals surface area contributed by atoms with E-state index in [2.05, 4.69) is 0 Å². The van der Waals surface area contributed by atoms with Gasteiger partial charge in [0.1, 0.15) is 11.6 Å². The predicted octanol–water partition coefficient (Wildman–Crippen LogP) is 6.02. The average molecular weight is 493 g/mol. The molecule has 172 valence electrons. The largest absolute Gasteiger partial charge is 0.460 e. The molecule has 0 saturated heterocycles. The number of alkyl halides is 3. The molecule has 3 nitrogen and oxygen atoms in total. The Bertz CT molecular complexity index is 914. The van der Waals surface area contributed by atoms with Crippen LogP contribution < -0.4 is 0 Å². The van der Waals surface area contributed by atoms with Crippen molar-refractivity contribution in [3.05, 3.63) is 45.5 Å². The molecule has 31 heavy (non-hydrogen) atoms. The molecule has 0 unspecified atom stereocenters. The second-order valence-corrected chi connectivity index (χ2v) is 9.00. The number of thioether (sulfide) groups is 1. The summed E-state index contributed by atoms with van der Waals surface area (Å²) < 4.78 is 99.1. The zero-order chi connectivity index (χ0) is 23.9. The third-order valence-electron chi connectivity index (χ3n) is 4.99. The van der Waals surface area contributed by atoms with Crippen molar-refractivity contribution in [2.24, 2.45) is 17.3 Å². The Morgan fingerprint density at radius 3 is 2.00 bits per heavy atom. The van der Waals surface area contributed by atoms with Gasteiger partial charge in [-0.15, -0.1) is 0 Å². The van der Waals surface area contributed by atoms with Gasteiger partial charge >= 0.3 is 12.1 Å². The molecule has 2 atom stereocenters. The summed E-state index contributed by atoms with van der Waals surface area (Å²) in [5.74, 6) is -10.9. The fourth-order valence-electron chi connectivity index (χ4n) is 3.07. The normalized spacial score (nSPS) is 20.5. The van der Waals surface area contributed by atoms with Crippen LogP contribution in [0.4, 0.5) is 30.7 Å². The summed E-state index contributed by atoms with van der Waals surface area (Å²) in [6, 6.07) is 0. The van der Waals surface area contributed by atoms with Gasteiger partial charge in [0.05, 0.1) is 11.5 Å². The van der Waals surface area contributed by atoms with Gasteiger partial charge in [0.25, 0.3) is 0 Å². The molecule has 0 spiro atoms. The van der Waals surface area contributed by atoms with E-state index in [0.29, 0.717) is 17.8 Å². The van der Waals surface area contributed by atoms with Gasteiger partial charge < -0.3 is 4.74 Å². The lowest BCUT2D eigenvalue weighted by Crippen LogP contribution is -2.15. The number of rotatable bonds is 6. The number of allylic oxidation sites excluding steroid dienone is 2. The fraction of sp³-hybridized carbons (Fsp3) is 0.474. The Balaban J connectivity index is 2.18. The third kappa shape index (κ3) is 5.36. The molecular formula is C19H16ClF7O3S. The molecule has 1 aliphatic carbocycles. The minimum Gasteiger partial charge on any atom is -0.460 e. The number of benzene rings is 1. The quantitative estimate of drug-likeness (QED) is 0.276. The fourth-order valence-corrected chi connectivity index (χ4v) is 3.81. The lowest BCUT2D eigenvalue weighted by molar-refractivity contribution is -0.147. The van der Waals surface area contributed by atoms with Crippen molar-refractivity contribution >= 4 is 34.4 Å². The van der Waals surface area contributed by atoms with Gasteiger partial charge in [-0.25, -0.2) is 17.6 Å². The standard InChI is InChI=1S/C19H16ClF7O3S/c1-7(28)31-6-9-15(23)13(21)8(14(22)16(9)24)5-30-17(29)12-10(18(12,2)3)4-11(20)19(25,26)27/h4,10,12H,5-6H2,1-3H3/b11-4-/t10-,12-/m1/s1. The van der Waals surface area contributed by atoms with Crippen LogP contribution in [-0.2, 0) is 26.7 Å². The number of ether oxygens (including phenoxy) is 1. The smallest absolute Gasteiger partial charge is 0.426 e. The molecule has 1 fully saturated rings. The predicted molar refractivity (Wildman–Crippen MR) is 98.8 cm³/mol. The maximum absolute atomic E-state index is 14.2. The molecule has 1 aromatic carbocycles. The number of esters is 1. The molecule has 0 N–H and O–H groups in total. The summed E-state index contributed by atoms with van der Waals surface area (Å²) in [5.41, 5.74) is -3.16. The first kappa shape index (κ1) is 25.5. The Morgan fingerprint density at radius 2 is 1.55 bits per heavy atom. The van der Waals surface area contributed by atoms with Crippen molar-refractivity contribution in [1.29, 1.82) is 0 Å². The molecule has 12 heteroatoms. The van der Waals surface area contributed by atoms with E-state index in [9.17, 15) is 40.3 Å². The van der Waals surface area contributed by atoms with E-state index in [1.54, 1.807) is 0 Å². The molecule has 0 heterocycles. The molecule has 0 aliphatic heterocycles. The van der Waals surface area contributed by atoms with Crippen molar-refractivity contribution in [2.75, 3.05) is 0 Å². The summed E-state index contributed by atoms with van der Waals surface area (Å²) in [6.07, 6.45) is -4.16. The van der Waals surface area contributed by atoms with Crippen LogP contribution >= 0.6 is 23.4 Å². The maximum atomic E-state index is 14.2. The summed E-state index contributed by atoms with van der Waals surface area (Å²) >= 11 is 5.62. The molecule has 0 radical (unpaired) electrons. The molecule has 2 rings (SSSR count). The zero-order valence-corrected chi connectivity index (χ0v) is 17.9. The molecule has 1 saturated carbocycles. The van der Waals surface area contributed by atoms with Crippen molar-refractivity contribution in [1.82, 2.24) is 0 Å². The first-order chi connectivity index (χ1) is 14.1. The van der Waals surface area contributed by atoms with Crippen LogP contribution in [0.2, 0.25) is 0 Å². The van der Waals surface area contributed by atoms with Crippen LogP contribution in [0.25, 0.3) is 0 Å². The number of carbonyl (C=O) groups excluding carboxylic acids is 2. The Kier molecular flexibility index (Phi) is 7.41. The number of carbonyl (C=O) groups is 2. The van der Waals surface area contributed by atoms with Crippen LogP contribution in [0.1, 0.15) is 31.9 Å². The van der Waals surface area contributed by atoms with E-state index in [-0.39, 0.29) is 0 Å². The van der Waals surface area contributed by atoms with Crippen molar-refractivity contribution in [2.45, 2.75) is 39.3 Å². The first-order valence-electron chi connectivity index (χ1n) is 8.68. The monoisotopic (exact) mass is 492 g/mol. The summed E-state index contributed by atoms with van der Waals surface area (Å²) in [4.78, 5) is 23.1. The maximum Gasteiger partial charge on any atom is 0.426 e. The third-order valence-corrected chi connectivity index (χ3v) is 6.16. The minimum atomic E-state index is -4.81. The van der Waals surface area contributed by atoms with Crippen molar-refractivity contribution < 1.29 is 45.1 Å². The lowest BCUT2D eigenvalue weighted by atomic mass is 10.1. The number of hydrogen-bond acceptors (Lipinski definition) is 4. The Hall–Kier alpha value is -1.75. The van der Waals surface area contributed by atoms with Gasteiger partial charge in [-0.05, 0) is 11.3 Å². The Labute approximate surface area is 182 Å². The second-order valence-electron chi connectivity index (χ2n) is 7.44. The molecule has 0 aromatic heterocycles.